The number of allylic oxidation sites excluding steroid dienone is 1. The highest BCUT2D eigenvalue weighted by atomic mass is 32.2. The number of rotatable bonds is 3. The van der Waals surface area contributed by atoms with Crippen LogP contribution in [0.15, 0.2) is 76.5 Å². The fourth-order valence-corrected chi connectivity index (χ4v) is 4.05. The molecule has 4 nitrogen and oxygen atoms in total. The van der Waals surface area contributed by atoms with Crippen LogP contribution in [-0.2, 0) is 0 Å². The Hall–Kier alpha value is -3.18. The normalized spacial score (nSPS) is 13.8. The molecule has 132 valence electrons. The van der Waals surface area contributed by atoms with E-state index in [0.717, 1.165) is 27.6 Å². The van der Waals surface area contributed by atoms with Crippen LogP contribution in [0, 0.1) is 0 Å². The van der Waals surface area contributed by atoms with E-state index in [9.17, 15) is 4.79 Å². The fraction of sp³-hybridized carbons (Fsp3) is 0.0455. The summed E-state index contributed by atoms with van der Waals surface area (Å²) in [6.07, 6.45) is 3.38. The topological polar surface area (TPSA) is 47.6 Å². The van der Waals surface area contributed by atoms with Crippen molar-refractivity contribution < 1.29 is 14.3 Å². The Kier molecular flexibility index (Phi) is 3.87. The number of ether oxygens (including phenoxy) is 2. The van der Waals surface area contributed by atoms with Gasteiger partial charge < -0.3 is 14.8 Å². The zero-order valence-electron chi connectivity index (χ0n) is 14.3. The van der Waals surface area contributed by atoms with Gasteiger partial charge in [-0.05, 0) is 54.1 Å². The van der Waals surface area contributed by atoms with Crippen molar-refractivity contribution in [3.8, 4) is 11.5 Å². The first-order valence-corrected chi connectivity index (χ1v) is 9.38. The van der Waals surface area contributed by atoms with Gasteiger partial charge in [-0.25, -0.2) is 0 Å². The monoisotopic (exact) mass is 373 g/mol. The third-order valence-electron chi connectivity index (χ3n) is 4.46. The molecule has 0 radical (unpaired) electrons. The average Bonchev–Trinajstić information content (AvgIpc) is 3.18. The lowest BCUT2D eigenvalue weighted by atomic mass is 10.1. The summed E-state index contributed by atoms with van der Waals surface area (Å²) in [7, 11) is 0. The van der Waals surface area contributed by atoms with Crippen molar-refractivity contribution in [2.75, 3.05) is 12.1 Å². The molecular weight excluding hydrogens is 358 g/mol. The van der Waals surface area contributed by atoms with Crippen molar-refractivity contribution in [2.24, 2.45) is 0 Å². The van der Waals surface area contributed by atoms with E-state index in [2.05, 4.69) is 11.4 Å². The van der Waals surface area contributed by atoms with Crippen molar-refractivity contribution >= 4 is 35.0 Å². The van der Waals surface area contributed by atoms with E-state index < -0.39 is 0 Å². The third-order valence-corrected chi connectivity index (χ3v) is 5.62. The molecule has 0 aromatic heterocycles. The summed E-state index contributed by atoms with van der Waals surface area (Å²) in [5.74, 6) is 1.40. The van der Waals surface area contributed by atoms with E-state index in [0.29, 0.717) is 11.3 Å². The number of nitrogens with one attached hydrogen (secondary N) is 1. The van der Waals surface area contributed by atoms with Gasteiger partial charge in [0.2, 0.25) is 6.79 Å². The molecule has 0 spiro atoms. The maximum absolute atomic E-state index is 12.6. The van der Waals surface area contributed by atoms with Crippen LogP contribution in [0.1, 0.15) is 15.9 Å². The van der Waals surface area contributed by atoms with E-state index >= 15 is 0 Å². The van der Waals surface area contributed by atoms with Gasteiger partial charge >= 0.3 is 0 Å². The maximum atomic E-state index is 12.6. The number of carbonyl (C=O) groups is 1. The molecule has 27 heavy (non-hydrogen) atoms. The number of fused-ring (bicyclic) bond motifs is 3. The number of anilines is 2. The molecule has 0 fully saturated rings. The van der Waals surface area contributed by atoms with Crippen LogP contribution in [0.25, 0.3) is 6.08 Å². The molecular formula is C22H15NO3S. The predicted octanol–water partition coefficient (Wildman–Crippen LogP) is 5.52. The standard InChI is InChI=1S/C22H15NO3S/c24-18(8-5-14-6-9-19-20(11-14)26-13-25-19)15-7-10-22-17(12-15)23-16-3-1-2-4-21(16)27-22/h1-12,23H,13H2. The number of benzene rings is 3. The molecule has 0 unspecified atom stereocenters. The molecule has 1 N–H and O–H groups in total. The van der Waals surface area contributed by atoms with Crippen molar-refractivity contribution in [3.05, 3.63) is 77.9 Å². The summed E-state index contributed by atoms with van der Waals surface area (Å²) in [5, 5.41) is 3.41. The molecule has 0 amide bonds. The van der Waals surface area contributed by atoms with Crippen molar-refractivity contribution in [3.63, 3.8) is 0 Å². The van der Waals surface area contributed by atoms with Gasteiger partial charge in [0.25, 0.3) is 0 Å². The van der Waals surface area contributed by atoms with Gasteiger partial charge in [-0.2, -0.15) is 0 Å². The Balaban J connectivity index is 1.37. The summed E-state index contributed by atoms with van der Waals surface area (Å²) in [6, 6.07) is 19.5. The van der Waals surface area contributed by atoms with Gasteiger partial charge in [-0.1, -0.05) is 36.0 Å². The molecule has 0 atom stereocenters. The number of ketones is 1. The molecule has 0 aliphatic carbocycles. The van der Waals surface area contributed by atoms with Gasteiger partial charge in [0.15, 0.2) is 17.3 Å². The molecule has 3 aromatic rings. The molecule has 5 rings (SSSR count). The van der Waals surface area contributed by atoms with Gasteiger partial charge in [0.05, 0.1) is 11.4 Å². The Labute approximate surface area is 160 Å². The van der Waals surface area contributed by atoms with Crippen LogP contribution in [0.3, 0.4) is 0 Å². The lowest BCUT2D eigenvalue weighted by Crippen LogP contribution is -2.02. The molecule has 5 heteroatoms. The number of carbonyl (C=O) groups excluding carboxylic acids is 1. The largest absolute Gasteiger partial charge is 0.454 e. The Morgan fingerprint density at radius 2 is 1.78 bits per heavy atom. The van der Waals surface area contributed by atoms with Gasteiger partial charge in [-0.15, -0.1) is 0 Å². The second kappa shape index (κ2) is 6.52. The Morgan fingerprint density at radius 3 is 2.74 bits per heavy atom. The molecule has 2 heterocycles. The van der Waals surface area contributed by atoms with E-state index in [4.69, 9.17) is 9.47 Å². The summed E-state index contributed by atoms with van der Waals surface area (Å²) < 4.78 is 10.7. The zero-order valence-corrected chi connectivity index (χ0v) is 15.1. The van der Waals surface area contributed by atoms with Crippen LogP contribution in [-0.4, -0.2) is 12.6 Å². The fourth-order valence-electron chi connectivity index (χ4n) is 3.08. The second-order valence-corrected chi connectivity index (χ2v) is 7.33. The Morgan fingerprint density at radius 1 is 0.926 bits per heavy atom. The molecule has 0 saturated carbocycles. The first kappa shape index (κ1) is 16.0. The molecule has 2 aliphatic rings. The first-order valence-electron chi connectivity index (χ1n) is 8.56. The molecule has 0 saturated heterocycles. The van der Waals surface area contributed by atoms with Crippen molar-refractivity contribution in [1.82, 2.24) is 0 Å². The number of hydrogen-bond acceptors (Lipinski definition) is 5. The molecule has 2 aliphatic heterocycles. The quantitative estimate of drug-likeness (QED) is 0.378. The summed E-state index contributed by atoms with van der Waals surface area (Å²) in [5.41, 5.74) is 3.57. The lowest BCUT2D eigenvalue weighted by molar-refractivity contribution is 0.104. The zero-order chi connectivity index (χ0) is 18.2. The maximum Gasteiger partial charge on any atom is 0.231 e. The summed E-state index contributed by atoms with van der Waals surface area (Å²) >= 11 is 1.71. The minimum absolute atomic E-state index is 0.0406. The highest BCUT2D eigenvalue weighted by Gasteiger charge is 2.17. The molecule has 0 bridgehead atoms. The first-order chi connectivity index (χ1) is 13.3. The lowest BCUT2D eigenvalue weighted by Gasteiger charge is -2.20. The van der Waals surface area contributed by atoms with Crippen LogP contribution < -0.4 is 14.8 Å². The van der Waals surface area contributed by atoms with Crippen LogP contribution in [0.5, 0.6) is 11.5 Å². The van der Waals surface area contributed by atoms with E-state index in [1.54, 1.807) is 23.9 Å². The summed E-state index contributed by atoms with van der Waals surface area (Å²) in [4.78, 5) is 14.9. The second-order valence-electron chi connectivity index (χ2n) is 6.24. The summed E-state index contributed by atoms with van der Waals surface area (Å²) in [6.45, 7) is 0.241. The van der Waals surface area contributed by atoms with Crippen LogP contribution in [0.4, 0.5) is 11.4 Å². The van der Waals surface area contributed by atoms with E-state index in [-0.39, 0.29) is 12.6 Å². The van der Waals surface area contributed by atoms with Gasteiger partial charge in [0, 0.05) is 15.4 Å². The predicted molar refractivity (Wildman–Crippen MR) is 106 cm³/mol. The average molecular weight is 373 g/mol. The minimum atomic E-state index is -0.0406. The van der Waals surface area contributed by atoms with E-state index in [1.165, 1.54) is 4.90 Å². The molecule has 3 aromatic carbocycles. The third kappa shape index (κ3) is 3.06. The SMILES string of the molecule is O=C(C=Cc1ccc2c(c1)OCO2)c1ccc2c(c1)Nc1ccccc1S2. The van der Waals surface area contributed by atoms with Crippen molar-refractivity contribution in [2.45, 2.75) is 9.79 Å². The Bertz CT molecular complexity index is 1090. The number of hydrogen-bond donors (Lipinski definition) is 1. The van der Waals surface area contributed by atoms with Crippen LogP contribution in [0.2, 0.25) is 0 Å². The smallest absolute Gasteiger partial charge is 0.231 e. The minimum Gasteiger partial charge on any atom is -0.454 e. The highest BCUT2D eigenvalue weighted by Crippen LogP contribution is 2.44. The van der Waals surface area contributed by atoms with E-state index in [1.807, 2.05) is 54.6 Å². The van der Waals surface area contributed by atoms with Crippen molar-refractivity contribution in [1.29, 1.82) is 0 Å². The number of para-hydroxylation sites is 1. The van der Waals surface area contributed by atoms with Gasteiger partial charge in [0.1, 0.15) is 0 Å². The van der Waals surface area contributed by atoms with Gasteiger partial charge in [-0.3, -0.25) is 4.79 Å². The van der Waals surface area contributed by atoms with Crippen LogP contribution >= 0.6 is 11.8 Å². The highest BCUT2D eigenvalue weighted by molar-refractivity contribution is 7.99.